The van der Waals surface area contributed by atoms with Gasteiger partial charge in [-0.05, 0) is 12.1 Å². The predicted molar refractivity (Wildman–Crippen MR) is 58.7 cm³/mol. The van der Waals surface area contributed by atoms with E-state index in [0.717, 1.165) is 0 Å². The maximum absolute atomic E-state index is 10.9. The van der Waals surface area contributed by atoms with E-state index in [9.17, 15) is 20.0 Å². The molecule has 2 rings (SSSR count). The van der Waals surface area contributed by atoms with Gasteiger partial charge < -0.3 is 5.11 Å². The number of hydrazone groups is 1. The van der Waals surface area contributed by atoms with E-state index in [1.165, 1.54) is 18.2 Å². The van der Waals surface area contributed by atoms with Gasteiger partial charge in [0.05, 0.1) is 10.6 Å². The Bertz CT molecular complexity index is 524. The number of nitro benzene ring substituents is 1. The monoisotopic (exact) mass is 235 g/mol. The van der Waals surface area contributed by atoms with Gasteiger partial charge in [0.2, 0.25) is 5.91 Å². The van der Waals surface area contributed by atoms with E-state index in [0.29, 0.717) is 24.1 Å². The van der Waals surface area contributed by atoms with E-state index in [1.807, 2.05) is 0 Å². The Morgan fingerprint density at radius 3 is 2.71 bits per heavy atom. The van der Waals surface area contributed by atoms with Crippen molar-refractivity contribution < 1.29 is 14.8 Å². The zero-order chi connectivity index (χ0) is 12.4. The van der Waals surface area contributed by atoms with Gasteiger partial charge in [0.25, 0.3) is 0 Å². The summed E-state index contributed by atoms with van der Waals surface area (Å²) in [6.07, 6.45) is 0.764. The van der Waals surface area contributed by atoms with Gasteiger partial charge in [-0.15, -0.1) is 0 Å². The Hall–Kier alpha value is -2.44. The second-order valence-electron chi connectivity index (χ2n) is 3.55. The first kappa shape index (κ1) is 11.1. The lowest BCUT2D eigenvalue weighted by Crippen LogP contribution is -2.25. The number of nitrogens with zero attached hydrogens (tertiary/aromatic N) is 2. The first-order chi connectivity index (χ1) is 8.08. The smallest absolute Gasteiger partial charge is 0.310 e. The van der Waals surface area contributed by atoms with Crippen molar-refractivity contribution in [3.05, 3.63) is 33.9 Å². The fourth-order valence-corrected chi connectivity index (χ4v) is 1.54. The van der Waals surface area contributed by atoms with E-state index >= 15 is 0 Å². The van der Waals surface area contributed by atoms with Gasteiger partial charge in [-0.1, -0.05) is 0 Å². The molecule has 1 amide bonds. The van der Waals surface area contributed by atoms with Gasteiger partial charge in [0.15, 0.2) is 5.75 Å². The Labute approximate surface area is 95.9 Å². The Morgan fingerprint density at radius 1 is 1.41 bits per heavy atom. The summed E-state index contributed by atoms with van der Waals surface area (Å²) in [6, 6.07) is 3.98. The molecule has 17 heavy (non-hydrogen) atoms. The molecule has 0 unspecified atom stereocenters. The second kappa shape index (κ2) is 4.20. The topological polar surface area (TPSA) is 105 Å². The highest BCUT2D eigenvalue weighted by molar-refractivity contribution is 6.04. The molecule has 88 valence electrons. The van der Waals surface area contributed by atoms with Crippen molar-refractivity contribution in [2.45, 2.75) is 12.8 Å². The number of benzene rings is 1. The van der Waals surface area contributed by atoms with Gasteiger partial charge >= 0.3 is 5.69 Å². The highest BCUT2D eigenvalue weighted by atomic mass is 16.6. The van der Waals surface area contributed by atoms with Crippen LogP contribution in [0.2, 0.25) is 0 Å². The lowest BCUT2D eigenvalue weighted by molar-refractivity contribution is -0.385. The van der Waals surface area contributed by atoms with Gasteiger partial charge in [-0.3, -0.25) is 14.9 Å². The summed E-state index contributed by atoms with van der Waals surface area (Å²) in [4.78, 5) is 20.7. The number of hydrogen-bond donors (Lipinski definition) is 2. The number of aromatic hydroxyl groups is 1. The second-order valence-corrected chi connectivity index (χ2v) is 3.55. The number of nitro groups is 1. The highest BCUT2D eigenvalue weighted by Gasteiger charge is 2.17. The van der Waals surface area contributed by atoms with Crippen LogP contribution in [0.4, 0.5) is 5.69 Å². The van der Waals surface area contributed by atoms with Gasteiger partial charge in [-0.25, -0.2) is 5.43 Å². The van der Waals surface area contributed by atoms with Crippen LogP contribution >= 0.6 is 0 Å². The van der Waals surface area contributed by atoms with Crippen LogP contribution in [-0.2, 0) is 4.79 Å². The number of carbonyl (C=O) groups excluding carboxylic acids is 1. The van der Waals surface area contributed by atoms with E-state index < -0.39 is 10.7 Å². The van der Waals surface area contributed by atoms with Gasteiger partial charge in [0.1, 0.15) is 0 Å². The van der Waals surface area contributed by atoms with Crippen molar-refractivity contribution in [1.82, 2.24) is 5.43 Å². The summed E-state index contributed by atoms with van der Waals surface area (Å²) in [5.41, 5.74) is 3.12. The molecule has 1 aromatic rings. The fourth-order valence-electron chi connectivity index (χ4n) is 1.54. The third kappa shape index (κ3) is 2.22. The minimum atomic E-state index is -0.663. The first-order valence-electron chi connectivity index (χ1n) is 4.91. The summed E-state index contributed by atoms with van der Waals surface area (Å²) in [6.45, 7) is 0. The molecule has 7 heteroatoms. The molecule has 7 nitrogen and oxygen atoms in total. The fraction of sp³-hybridized carbons (Fsp3) is 0.200. The number of rotatable bonds is 2. The number of phenols is 1. The minimum Gasteiger partial charge on any atom is -0.502 e. The number of phenolic OH excluding ortho intramolecular Hbond substituents is 1. The molecule has 0 aliphatic carbocycles. The molecule has 0 fully saturated rings. The van der Waals surface area contributed by atoms with Gasteiger partial charge in [-0.2, -0.15) is 5.10 Å². The molecule has 1 aromatic carbocycles. The maximum Gasteiger partial charge on any atom is 0.310 e. The van der Waals surface area contributed by atoms with Crippen LogP contribution in [0.3, 0.4) is 0 Å². The van der Waals surface area contributed by atoms with Crippen LogP contribution in [0.5, 0.6) is 5.75 Å². The van der Waals surface area contributed by atoms with Crippen molar-refractivity contribution in [2.24, 2.45) is 5.10 Å². The summed E-state index contributed by atoms with van der Waals surface area (Å²) in [5.74, 6) is -0.577. The lowest BCUT2D eigenvalue weighted by Gasteiger charge is -2.11. The largest absolute Gasteiger partial charge is 0.502 e. The Kier molecular flexibility index (Phi) is 2.73. The zero-order valence-electron chi connectivity index (χ0n) is 8.71. The quantitative estimate of drug-likeness (QED) is 0.587. The Balaban J connectivity index is 2.32. The van der Waals surface area contributed by atoms with E-state index in [-0.39, 0.29) is 11.6 Å². The average molecular weight is 235 g/mol. The predicted octanol–water partition coefficient (Wildman–Crippen LogP) is 0.914. The van der Waals surface area contributed by atoms with Crippen molar-refractivity contribution in [1.29, 1.82) is 0 Å². The first-order valence-corrected chi connectivity index (χ1v) is 4.91. The molecule has 0 saturated heterocycles. The van der Waals surface area contributed by atoms with Crippen molar-refractivity contribution >= 4 is 17.3 Å². The van der Waals surface area contributed by atoms with E-state index in [1.54, 1.807) is 0 Å². The van der Waals surface area contributed by atoms with Crippen LogP contribution in [0.15, 0.2) is 23.3 Å². The standard InChI is InChI=1S/C10H9N3O4/c14-9-5-6(1-3-8(9)13(16)17)7-2-4-10(15)12-11-7/h1,3,5,14H,2,4H2,(H,12,15). The Morgan fingerprint density at radius 2 is 2.18 bits per heavy atom. The summed E-state index contributed by atoms with van der Waals surface area (Å²) in [7, 11) is 0. The minimum absolute atomic E-state index is 0.167. The molecule has 2 N–H and O–H groups in total. The van der Waals surface area contributed by atoms with Crippen LogP contribution in [0.25, 0.3) is 0 Å². The van der Waals surface area contributed by atoms with E-state index in [2.05, 4.69) is 10.5 Å². The molecule has 1 aliphatic heterocycles. The summed E-state index contributed by atoms with van der Waals surface area (Å²) >= 11 is 0. The molecular formula is C10H9N3O4. The van der Waals surface area contributed by atoms with Gasteiger partial charge in [0, 0.05) is 24.5 Å². The SMILES string of the molecule is O=C1CCC(c2ccc([N+](=O)[O-])c(O)c2)=NN1. The average Bonchev–Trinajstić information content (AvgIpc) is 2.29. The molecule has 1 heterocycles. The summed E-state index contributed by atoms with van der Waals surface area (Å²) in [5, 5.41) is 23.8. The molecule has 1 aliphatic rings. The normalized spacial score (nSPS) is 15.1. The lowest BCUT2D eigenvalue weighted by atomic mass is 10.0. The summed E-state index contributed by atoms with van der Waals surface area (Å²) < 4.78 is 0. The van der Waals surface area contributed by atoms with Crippen LogP contribution in [0, 0.1) is 10.1 Å². The third-order valence-corrected chi connectivity index (χ3v) is 2.41. The molecule has 0 radical (unpaired) electrons. The third-order valence-electron chi connectivity index (χ3n) is 2.41. The maximum atomic E-state index is 10.9. The molecule has 0 aromatic heterocycles. The van der Waals surface area contributed by atoms with Crippen molar-refractivity contribution in [2.75, 3.05) is 0 Å². The number of amides is 1. The van der Waals surface area contributed by atoms with Crippen molar-refractivity contribution in [3.8, 4) is 5.75 Å². The highest BCUT2D eigenvalue weighted by Crippen LogP contribution is 2.27. The molecule has 0 bridgehead atoms. The number of hydrogen-bond acceptors (Lipinski definition) is 5. The van der Waals surface area contributed by atoms with Crippen LogP contribution in [-0.4, -0.2) is 21.6 Å². The molecule has 0 spiro atoms. The van der Waals surface area contributed by atoms with E-state index in [4.69, 9.17) is 0 Å². The zero-order valence-corrected chi connectivity index (χ0v) is 8.71. The van der Waals surface area contributed by atoms with Crippen LogP contribution < -0.4 is 5.43 Å². The molecule has 0 atom stereocenters. The van der Waals surface area contributed by atoms with Crippen molar-refractivity contribution in [3.63, 3.8) is 0 Å². The number of nitrogens with one attached hydrogen (secondary N) is 1. The van der Waals surface area contributed by atoms with Crippen LogP contribution in [0.1, 0.15) is 18.4 Å². The number of carbonyl (C=O) groups is 1. The molecule has 0 saturated carbocycles. The molecular weight excluding hydrogens is 226 g/mol.